The number of carbonyl (C=O) groups is 3. The van der Waals surface area contributed by atoms with Gasteiger partial charge in [-0.05, 0) is 51.4 Å². The van der Waals surface area contributed by atoms with Crippen LogP contribution in [0, 0.1) is 0 Å². The number of unbranched alkanes of at least 4 members (excludes halogenated alkanes) is 12. The van der Waals surface area contributed by atoms with Crippen molar-refractivity contribution in [3.05, 3.63) is 85.1 Å². The van der Waals surface area contributed by atoms with Gasteiger partial charge in [0, 0.05) is 6.42 Å². The molecule has 0 saturated carbocycles. The zero-order valence-corrected chi connectivity index (χ0v) is 36.5. The number of nitrogens with one attached hydrogen (secondary N) is 1. The van der Waals surface area contributed by atoms with Gasteiger partial charge in [0.1, 0.15) is 12.7 Å². The standard InChI is InChI=1S/C46H76NO10P/c1-3-5-7-9-11-13-15-17-18-19-20-21-22-23-24-26-28-30-32-34-36-38-45(50)55-39-42(48)40-56-58(53,54)57-41-43(46(51)52)47-44(49)37-35-33-31-29-27-25-16-14-12-10-8-6-4-2/h5,7,11,13,17-18,20-21,23-24,28,30,34,36,42-43,48H,3-4,6,8-10,12,14-16,19,22,25-27,29,31-33,35,37-41H2,1-2H3,(H,47,49)(H,51,52)(H,53,54)/b7-5-,13-11-,18-17-,21-20-,24-23-,30-28-,36-34-. The minimum absolute atomic E-state index is 0.0144. The fourth-order valence-corrected chi connectivity index (χ4v) is 6.17. The van der Waals surface area contributed by atoms with E-state index >= 15 is 0 Å². The van der Waals surface area contributed by atoms with E-state index in [0.717, 1.165) is 57.8 Å². The molecule has 0 aromatic carbocycles. The third-order valence-corrected chi connectivity index (χ3v) is 9.68. The van der Waals surface area contributed by atoms with E-state index in [-0.39, 0.29) is 12.8 Å². The Balaban J connectivity index is 4.04. The molecule has 330 valence electrons. The lowest BCUT2D eigenvalue weighted by Crippen LogP contribution is -2.43. The second kappa shape index (κ2) is 40.4. The number of rotatable bonds is 39. The molecule has 58 heavy (non-hydrogen) atoms. The highest BCUT2D eigenvalue weighted by atomic mass is 31.2. The monoisotopic (exact) mass is 834 g/mol. The molecule has 0 bridgehead atoms. The van der Waals surface area contributed by atoms with Crippen LogP contribution in [0.1, 0.15) is 155 Å². The third-order valence-electron chi connectivity index (χ3n) is 8.73. The molecule has 11 nitrogen and oxygen atoms in total. The van der Waals surface area contributed by atoms with Crippen LogP contribution in [-0.4, -0.2) is 64.9 Å². The summed E-state index contributed by atoms with van der Waals surface area (Å²) in [5.41, 5.74) is 0. The van der Waals surface area contributed by atoms with Crippen molar-refractivity contribution in [1.82, 2.24) is 5.32 Å². The fourth-order valence-electron chi connectivity index (χ4n) is 5.40. The number of carboxylic acids is 1. The molecule has 0 aliphatic rings. The van der Waals surface area contributed by atoms with Gasteiger partial charge in [-0.25, -0.2) is 9.36 Å². The normalized spacial score (nSPS) is 14.6. The van der Waals surface area contributed by atoms with Crippen LogP contribution in [0.3, 0.4) is 0 Å². The topological polar surface area (TPSA) is 169 Å². The summed E-state index contributed by atoms with van der Waals surface area (Å²) in [5.74, 6) is -2.52. The number of aliphatic hydroxyl groups is 1. The number of hydrogen-bond donors (Lipinski definition) is 4. The average molecular weight is 834 g/mol. The van der Waals surface area contributed by atoms with Crippen molar-refractivity contribution in [2.75, 3.05) is 19.8 Å². The molecule has 3 unspecified atom stereocenters. The number of aliphatic hydroxyl groups excluding tert-OH is 1. The number of phosphoric ester groups is 1. The molecule has 0 aromatic heterocycles. The Morgan fingerprint density at radius 1 is 0.569 bits per heavy atom. The highest BCUT2D eigenvalue weighted by molar-refractivity contribution is 7.47. The number of ether oxygens (including phenoxy) is 1. The maximum absolute atomic E-state index is 12.3. The predicted octanol–water partition coefficient (Wildman–Crippen LogP) is 11.1. The number of esters is 1. The van der Waals surface area contributed by atoms with Gasteiger partial charge in [-0.3, -0.25) is 18.6 Å². The molecule has 0 rings (SSSR count). The first-order chi connectivity index (χ1) is 28.1. The van der Waals surface area contributed by atoms with Crippen molar-refractivity contribution in [2.24, 2.45) is 0 Å². The summed E-state index contributed by atoms with van der Waals surface area (Å²) in [6.07, 6.45) is 49.2. The van der Waals surface area contributed by atoms with Crippen LogP contribution in [0.2, 0.25) is 0 Å². The maximum atomic E-state index is 12.3. The smallest absolute Gasteiger partial charge is 0.472 e. The van der Waals surface area contributed by atoms with Crippen molar-refractivity contribution >= 4 is 25.7 Å². The molecular weight excluding hydrogens is 757 g/mol. The van der Waals surface area contributed by atoms with Crippen LogP contribution in [-0.2, 0) is 32.7 Å². The van der Waals surface area contributed by atoms with Crippen LogP contribution >= 0.6 is 7.82 Å². The summed E-state index contributed by atoms with van der Waals surface area (Å²) in [6, 6.07) is -1.56. The van der Waals surface area contributed by atoms with Crippen molar-refractivity contribution in [1.29, 1.82) is 0 Å². The second-order valence-electron chi connectivity index (χ2n) is 14.2. The lowest BCUT2D eigenvalue weighted by molar-refractivity contribution is -0.146. The number of phosphoric acid groups is 1. The molecular formula is C46H76NO10P. The largest absolute Gasteiger partial charge is 0.480 e. The van der Waals surface area contributed by atoms with E-state index in [9.17, 15) is 34.1 Å². The van der Waals surface area contributed by atoms with Crippen LogP contribution in [0.4, 0.5) is 0 Å². The molecule has 0 aliphatic carbocycles. The van der Waals surface area contributed by atoms with Gasteiger partial charge in [-0.15, -0.1) is 0 Å². The molecule has 0 heterocycles. The first kappa shape index (κ1) is 54.7. The molecule has 1 amide bonds. The Bertz CT molecular complexity index is 1300. The van der Waals surface area contributed by atoms with Gasteiger partial charge in [-0.1, -0.05) is 176 Å². The highest BCUT2D eigenvalue weighted by Crippen LogP contribution is 2.43. The molecule has 3 atom stereocenters. The second-order valence-corrected chi connectivity index (χ2v) is 15.6. The molecule has 0 spiro atoms. The van der Waals surface area contributed by atoms with E-state index in [2.05, 4.69) is 79.9 Å². The summed E-state index contributed by atoms with van der Waals surface area (Å²) in [7, 11) is -4.78. The van der Waals surface area contributed by atoms with Crippen LogP contribution in [0.15, 0.2) is 85.1 Å². The average Bonchev–Trinajstić information content (AvgIpc) is 3.20. The minimum Gasteiger partial charge on any atom is -0.480 e. The number of carbonyl (C=O) groups excluding carboxylic acids is 2. The van der Waals surface area contributed by atoms with E-state index in [1.54, 1.807) is 6.08 Å². The molecule has 0 saturated heterocycles. The van der Waals surface area contributed by atoms with Crippen molar-refractivity contribution in [2.45, 2.75) is 167 Å². The van der Waals surface area contributed by atoms with E-state index in [0.29, 0.717) is 12.8 Å². The lowest BCUT2D eigenvalue weighted by Gasteiger charge is -2.18. The molecule has 0 aromatic rings. The first-order valence-electron chi connectivity index (χ1n) is 21.6. The molecule has 0 fully saturated rings. The zero-order chi connectivity index (χ0) is 42.8. The summed E-state index contributed by atoms with van der Waals surface area (Å²) in [5, 5.41) is 21.8. The number of aliphatic carboxylic acids is 1. The van der Waals surface area contributed by atoms with Gasteiger partial charge in [0.05, 0.1) is 19.6 Å². The van der Waals surface area contributed by atoms with Crippen LogP contribution in [0.25, 0.3) is 0 Å². The van der Waals surface area contributed by atoms with Gasteiger partial charge in [-0.2, -0.15) is 0 Å². The number of hydrogen-bond acceptors (Lipinski definition) is 8. The Morgan fingerprint density at radius 2 is 0.966 bits per heavy atom. The van der Waals surface area contributed by atoms with Crippen LogP contribution in [0.5, 0.6) is 0 Å². The van der Waals surface area contributed by atoms with Gasteiger partial charge in [0.2, 0.25) is 5.91 Å². The number of allylic oxidation sites excluding steroid dienone is 13. The van der Waals surface area contributed by atoms with Crippen molar-refractivity contribution in [3.63, 3.8) is 0 Å². The third kappa shape index (κ3) is 39.5. The van der Waals surface area contributed by atoms with Crippen molar-refractivity contribution in [3.8, 4) is 0 Å². The van der Waals surface area contributed by atoms with Gasteiger partial charge >= 0.3 is 19.8 Å². The summed E-state index contributed by atoms with van der Waals surface area (Å²) < 4.78 is 26.7. The fraction of sp³-hybridized carbons (Fsp3) is 0.630. The van der Waals surface area contributed by atoms with Gasteiger partial charge in [0.15, 0.2) is 6.04 Å². The van der Waals surface area contributed by atoms with E-state index < -0.39 is 57.6 Å². The zero-order valence-electron chi connectivity index (χ0n) is 35.6. The number of carboxylic acid groups (broad SMARTS) is 1. The Labute approximate surface area is 350 Å². The Kier molecular flexibility index (Phi) is 38.1. The minimum atomic E-state index is -4.78. The SMILES string of the molecule is CC/C=C\C/C=C\C/C=C\C/C=C\C/C=C\C/C=C\C/C=C\CC(=O)OCC(O)COP(=O)(O)OCC(NC(=O)CCCCCCCCCCCCCCC)C(=O)O. The summed E-state index contributed by atoms with van der Waals surface area (Å²) >= 11 is 0. The maximum Gasteiger partial charge on any atom is 0.472 e. The van der Waals surface area contributed by atoms with Crippen LogP contribution < -0.4 is 5.32 Å². The molecule has 4 N–H and O–H groups in total. The number of amides is 1. The highest BCUT2D eigenvalue weighted by Gasteiger charge is 2.28. The predicted molar refractivity (Wildman–Crippen MR) is 235 cm³/mol. The van der Waals surface area contributed by atoms with E-state index in [1.165, 1.54) is 57.8 Å². The Morgan fingerprint density at radius 3 is 1.40 bits per heavy atom. The lowest BCUT2D eigenvalue weighted by atomic mass is 10.0. The van der Waals surface area contributed by atoms with E-state index in [4.69, 9.17) is 13.8 Å². The van der Waals surface area contributed by atoms with Gasteiger partial charge < -0.3 is 25.2 Å². The van der Waals surface area contributed by atoms with Gasteiger partial charge in [0.25, 0.3) is 0 Å². The molecule has 12 heteroatoms. The molecule has 0 aliphatic heterocycles. The summed E-state index contributed by atoms with van der Waals surface area (Å²) in [6.45, 7) is 2.36. The molecule has 0 radical (unpaired) electrons. The first-order valence-corrected chi connectivity index (χ1v) is 23.1. The quantitative estimate of drug-likeness (QED) is 0.0202. The summed E-state index contributed by atoms with van der Waals surface area (Å²) in [4.78, 5) is 45.8. The van der Waals surface area contributed by atoms with Crippen molar-refractivity contribution < 1.29 is 47.8 Å². The van der Waals surface area contributed by atoms with E-state index in [1.807, 2.05) is 18.2 Å². The Hall–Kier alpha value is -3.34.